The van der Waals surface area contributed by atoms with E-state index in [1.807, 2.05) is 24.1 Å². The highest BCUT2D eigenvalue weighted by molar-refractivity contribution is 5.96. The SMILES string of the molecule is CN(C(=O)c1cccc2c1CCNC2)C1CCOCC1. The lowest BCUT2D eigenvalue weighted by Gasteiger charge is -2.32. The van der Waals surface area contributed by atoms with E-state index in [0.29, 0.717) is 6.04 Å². The molecule has 0 saturated carbocycles. The number of hydrogen-bond acceptors (Lipinski definition) is 3. The fraction of sp³-hybridized carbons (Fsp3) is 0.562. The Bertz CT molecular complexity index is 495. The summed E-state index contributed by atoms with van der Waals surface area (Å²) in [5.74, 6) is 0.163. The third-order valence-electron chi connectivity index (χ3n) is 4.43. The molecule has 4 nitrogen and oxygen atoms in total. The van der Waals surface area contributed by atoms with Crippen molar-refractivity contribution in [1.82, 2.24) is 10.2 Å². The van der Waals surface area contributed by atoms with Crippen LogP contribution in [-0.2, 0) is 17.7 Å². The lowest BCUT2D eigenvalue weighted by molar-refractivity contribution is 0.0361. The summed E-state index contributed by atoms with van der Waals surface area (Å²) in [6.07, 6.45) is 2.83. The molecule has 0 bridgehead atoms. The minimum Gasteiger partial charge on any atom is -0.381 e. The van der Waals surface area contributed by atoms with E-state index in [4.69, 9.17) is 4.74 Å². The molecule has 1 aromatic rings. The molecule has 1 N–H and O–H groups in total. The lowest BCUT2D eigenvalue weighted by Crippen LogP contribution is -2.41. The molecule has 2 aliphatic heterocycles. The average molecular weight is 274 g/mol. The number of hydrogen-bond donors (Lipinski definition) is 1. The number of ether oxygens (including phenoxy) is 1. The number of nitrogens with one attached hydrogen (secondary N) is 1. The minimum atomic E-state index is 0.163. The third kappa shape index (κ3) is 2.58. The Morgan fingerprint density at radius 2 is 2.15 bits per heavy atom. The van der Waals surface area contributed by atoms with Gasteiger partial charge in [-0.2, -0.15) is 0 Å². The van der Waals surface area contributed by atoms with Crippen molar-refractivity contribution in [2.45, 2.75) is 31.8 Å². The Morgan fingerprint density at radius 1 is 1.35 bits per heavy atom. The van der Waals surface area contributed by atoms with E-state index in [0.717, 1.165) is 51.1 Å². The molecule has 2 heterocycles. The zero-order valence-electron chi connectivity index (χ0n) is 12.0. The van der Waals surface area contributed by atoms with E-state index >= 15 is 0 Å². The number of fused-ring (bicyclic) bond motifs is 1. The molecule has 0 unspecified atom stereocenters. The van der Waals surface area contributed by atoms with Crippen LogP contribution in [0.25, 0.3) is 0 Å². The molecule has 1 aromatic carbocycles. The Kier molecular flexibility index (Phi) is 4.03. The van der Waals surface area contributed by atoms with Crippen LogP contribution >= 0.6 is 0 Å². The molecule has 20 heavy (non-hydrogen) atoms. The molecule has 0 aromatic heterocycles. The fourth-order valence-electron chi connectivity index (χ4n) is 3.16. The van der Waals surface area contributed by atoms with Crippen LogP contribution in [0.15, 0.2) is 18.2 Å². The molecule has 1 saturated heterocycles. The van der Waals surface area contributed by atoms with Gasteiger partial charge in [0.15, 0.2) is 0 Å². The fourth-order valence-corrected chi connectivity index (χ4v) is 3.16. The molecule has 0 atom stereocenters. The number of carbonyl (C=O) groups excluding carboxylic acids is 1. The number of benzene rings is 1. The van der Waals surface area contributed by atoms with Crippen LogP contribution in [-0.4, -0.2) is 43.7 Å². The Balaban J connectivity index is 1.83. The van der Waals surface area contributed by atoms with E-state index in [1.165, 1.54) is 11.1 Å². The van der Waals surface area contributed by atoms with Crippen LogP contribution < -0.4 is 5.32 Å². The highest BCUT2D eigenvalue weighted by Gasteiger charge is 2.26. The molecule has 108 valence electrons. The second-order valence-electron chi connectivity index (χ2n) is 5.63. The van der Waals surface area contributed by atoms with E-state index in [-0.39, 0.29) is 5.91 Å². The highest BCUT2D eigenvalue weighted by atomic mass is 16.5. The molecule has 1 amide bonds. The highest BCUT2D eigenvalue weighted by Crippen LogP contribution is 2.22. The number of nitrogens with zero attached hydrogens (tertiary/aromatic N) is 1. The standard InChI is InChI=1S/C16H22N2O2/c1-18(13-6-9-20-10-7-13)16(19)15-4-2-3-12-11-17-8-5-14(12)15/h2-4,13,17H,5-11H2,1H3. The monoisotopic (exact) mass is 274 g/mol. The van der Waals surface area contributed by atoms with Gasteiger partial charge in [-0.25, -0.2) is 0 Å². The summed E-state index contributed by atoms with van der Waals surface area (Å²) in [7, 11) is 1.93. The molecule has 4 heteroatoms. The predicted molar refractivity (Wildman–Crippen MR) is 77.8 cm³/mol. The predicted octanol–water partition coefficient (Wildman–Crippen LogP) is 1.58. The summed E-state index contributed by atoms with van der Waals surface area (Å²) < 4.78 is 5.38. The smallest absolute Gasteiger partial charge is 0.254 e. The summed E-state index contributed by atoms with van der Waals surface area (Å²) >= 11 is 0. The van der Waals surface area contributed by atoms with Crippen LogP contribution in [0.3, 0.4) is 0 Å². The van der Waals surface area contributed by atoms with Crippen LogP contribution in [0.5, 0.6) is 0 Å². The molecular formula is C16H22N2O2. The van der Waals surface area contributed by atoms with Crippen molar-refractivity contribution in [3.63, 3.8) is 0 Å². The maximum absolute atomic E-state index is 12.8. The van der Waals surface area contributed by atoms with E-state index < -0.39 is 0 Å². The zero-order valence-corrected chi connectivity index (χ0v) is 12.0. The Labute approximate surface area is 120 Å². The van der Waals surface area contributed by atoms with Crippen LogP contribution in [0.2, 0.25) is 0 Å². The summed E-state index contributed by atoms with van der Waals surface area (Å²) in [4.78, 5) is 14.7. The van der Waals surface area contributed by atoms with Gasteiger partial charge in [-0.3, -0.25) is 4.79 Å². The summed E-state index contributed by atoms with van der Waals surface area (Å²) in [6.45, 7) is 3.36. The van der Waals surface area contributed by atoms with Gasteiger partial charge in [-0.05, 0) is 43.0 Å². The molecule has 0 spiro atoms. The number of rotatable bonds is 2. The van der Waals surface area contributed by atoms with Crippen LogP contribution in [0.1, 0.15) is 34.3 Å². The summed E-state index contributed by atoms with van der Waals surface area (Å²) in [5, 5.41) is 3.36. The maximum atomic E-state index is 12.8. The number of carbonyl (C=O) groups is 1. The van der Waals surface area contributed by atoms with E-state index in [2.05, 4.69) is 11.4 Å². The van der Waals surface area contributed by atoms with Gasteiger partial charge in [0.1, 0.15) is 0 Å². The van der Waals surface area contributed by atoms with Crippen LogP contribution in [0.4, 0.5) is 0 Å². The van der Waals surface area contributed by atoms with E-state index in [9.17, 15) is 4.79 Å². The van der Waals surface area contributed by atoms with Crippen LogP contribution in [0, 0.1) is 0 Å². The first-order chi connectivity index (χ1) is 9.77. The Hall–Kier alpha value is -1.39. The van der Waals surface area contributed by atoms with E-state index in [1.54, 1.807) is 0 Å². The second kappa shape index (κ2) is 5.94. The Morgan fingerprint density at radius 3 is 2.95 bits per heavy atom. The van der Waals surface area contributed by atoms with Gasteiger partial charge in [-0.15, -0.1) is 0 Å². The van der Waals surface area contributed by atoms with Crippen molar-refractivity contribution in [3.8, 4) is 0 Å². The third-order valence-corrected chi connectivity index (χ3v) is 4.43. The molecule has 0 radical (unpaired) electrons. The first-order valence-electron chi connectivity index (χ1n) is 7.44. The van der Waals surface area contributed by atoms with Crippen molar-refractivity contribution < 1.29 is 9.53 Å². The van der Waals surface area contributed by atoms with Crippen molar-refractivity contribution in [3.05, 3.63) is 34.9 Å². The molecule has 3 rings (SSSR count). The quantitative estimate of drug-likeness (QED) is 0.890. The molecule has 2 aliphatic rings. The van der Waals surface area contributed by atoms with Crippen molar-refractivity contribution >= 4 is 5.91 Å². The molecule has 1 fully saturated rings. The second-order valence-corrected chi connectivity index (χ2v) is 5.63. The van der Waals surface area contributed by atoms with Gasteiger partial charge in [0.25, 0.3) is 5.91 Å². The first-order valence-corrected chi connectivity index (χ1v) is 7.44. The van der Waals surface area contributed by atoms with Crippen molar-refractivity contribution in [1.29, 1.82) is 0 Å². The van der Waals surface area contributed by atoms with Crippen molar-refractivity contribution in [2.75, 3.05) is 26.8 Å². The minimum absolute atomic E-state index is 0.163. The largest absolute Gasteiger partial charge is 0.381 e. The lowest BCUT2D eigenvalue weighted by atomic mass is 9.94. The topological polar surface area (TPSA) is 41.6 Å². The summed E-state index contributed by atoms with van der Waals surface area (Å²) in [5.41, 5.74) is 3.38. The first kappa shape index (κ1) is 13.6. The van der Waals surface area contributed by atoms with Gasteiger partial charge in [0.05, 0.1) is 0 Å². The summed E-state index contributed by atoms with van der Waals surface area (Å²) in [6, 6.07) is 6.40. The molecule has 0 aliphatic carbocycles. The number of amides is 1. The zero-order chi connectivity index (χ0) is 13.9. The molecular weight excluding hydrogens is 252 g/mol. The average Bonchev–Trinajstić information content (AvgIpc) is 2.54. The van der Waals surface area contributed by atoms with Gasteiger partial charge in [0, 0.05) is 38.4 Å². The van der Waals surface area contributed by atoms with Gasteiger partial charge >= 0.3 is 0 Å². The van der Waals surface area contributed by atoms with Gasteiger partial charge in [0.2, 0.25) is 0 Å². The van der Waals surface area contributed by atoms with Crippen molar-refractivity contribution in [2.24, 2.45) is 0 Å². The maximum Gasteiger partial charge on any atom is 0.254 e. The van der Waals surface area contributed by atoms with Gasteiger partial charge in [-0.1, -0.05) is 12.1 Å². The van der Waals surface area contributed by atoms with Gasteiger partial charge < -0.3 is 15.0 Å². The normalized spacial score (nSPS) is 19.4.